The molecule has 0 aliphatic carbocycles. The summed E-state index contributed by atoms with van der Waals surface area (Å²) in [5, 5.41) is 0. The van der Waals surface area contributed by atoms with Crippen LogP contribution in [0.2, 0.25) is 0 Å². The van der Waals surface area contributed by atoms with Crippen LogP contribution in [0.4, 0.5) is 5.69 Å². The molecule has 3 rings (SSSR count). The summed E-state index contributed by atoms with van der Waals surface area (Å²) >= 11 is 0. The number of benzene rings is 1. The molecule has 26 heavy (non-hydrogen) atoms. The lowest BCUT2D eigenvalue weighted by molar-refractivity contribution is -0.137. The maximum atomic E-state index is 12.8. The number of carbonyl (C=O) groups is 3. The van der Waals surface area contributed by atoms with Crippen LogP contribution < -0.4 is 4.90 Å². The summed E-state index contributed by atoms with van der Waals surface area (Å²) in [5.41, 5.74) is 0.875. The number of hydrogen-bond donors (Lipinski definition) is 0. The van der Waals surface area contributed by atoms with Gasteiger partial charge in [0.05, 0.1) is 23.8 Å². The predicted molar refractivity (Wildman–Crippen MR) is 96.9 cm³/mol. The quantitative estimate of drug-likeness (QED) is 0.750. The van der Waals surface area contributed by atoms with Gasteiger partial charge in [-0.1, -0.05) is 12.1 Å². The van der Waals surface area contributed by atoms with E-state index in [1.165, 1.54) is 0 Å². The molecule has 2 aliphatic rings. The first-order valence-corrected chi connectivity index (χ1v) is 9.05. The van der Waals surface area contributed by atoms with Crippen LogP contribution in [0.1, 0.15) is 23.7 Å². The number of amides is 2. The number of anilines is 1. The molecule has 7 nitrogen and oxygen atoms in total. The first-order chi connectivity index (χ1) is 12.5. The third-order valence-electron chi connectivity index (χ3n) is 4.98. The van der Waals surface area contributed by atoms with E-state index in [1.54, 1.807) is 36.1 Å². The Morgan fingerprint density at radius 1 is 1.15 bits per heavy atom. The second-order valence-corrected chi connectivity index (χ2v) is 6.77. The van der Waals surface area contributed by atoms with Gasteiger partial charge in [0.25, 0.3) is 0 Å². The number of ether oxygens (including phenoxy) is 1. The Hall–Kier alpha value is -2.41. The van der Waals surface area contributed by atoms with Crippen molar-refractivity contribution in [2.24, 2.45) is 5.92 Å². The van der Waals surface area contributed by atoms with Gasteiger partial charge in [-0.05, 0) is 26.1 Å². The molecule has 0 bridgehead atoms. The highest BCUT2D eigenvalue weighted by Crippen LogP contribution is 2.29. The number of carbonyl (C=O) groups excluding carboxylic acids is 3. The highest BCUT2D eigenvalue weighted by atomic mass is 16.5. The van der Waals surface area contributed by atoms with Crippen molar-refractivity contribution in [3.8, 4) is 0 Å². The zero-order chi connectivity index (χ0) is 18.7. The van der Waals surface area contributed by atoms with Gasteiger partial charge in [-0.15, -0.1) is 0 Å². The SMILES string of the molecule is CCOC(=O)c1ccccc1N1CC(C(=O)N2CCN(C)CC2)CC1=O. The second kappa shape index (κ2) is 7.86. The van der Waals surface area contributed by atoms with E-state index in [2.05, 4.69) is 4.90 Å². The second-order valence-electron chi connectivity index (χ2n) is 6.77. The minimum Gasteiger partial charge on any atom is -0.462 e. The van der Waals surface area contributed by atoms with Crippen LogP contribution in [-0.2, 0) is 14.3 Å². The molecular formula is C19H25N3O4. The fraction of sp³-hybridized carbons (Fsp3) is 0.526. The Labute approximate surface area is 153 Å². The molecule has 2 fully saturated rings. The van der Waals surface area contributed by atoms with E-state index in [9.17, 15) is 14.4 Å². The van der Waals surface area contributed by atoms with Crippen molar-refractivity contribution in [2.75, 3.05) is 51.3 Å². The first-order valence-electron chi connectivity index (χ1n) is 9.05. The highest BCUT2D eigenvalue weighted by molar-refractivity contribution is 6.05. The minimum absolute atomic E-state index is 0.0302. The molecule has 2 amide bonds. The fourth-order valence-electron chi connectivity index (χ4n) is 3.48. The zero-order valence-corrected chi connectivity index (χ0v) is 15.3. The van der Waals surface area contributed by atoms with Crippen molar-refractivity contribution < 1.29 is 19.1 Å². The predicted octanol–water partition coefficient (Wildman–Crippen LogP) is 0.990. The molecule has 2 heterocycles. The summed E-state index contributed by atoms with van der Waals surface area (Å²) in [6.45, 7) is 5.40. The van der Waals surface area contributed by atoms with Crippen molar-refractivity contribution in [2.45, 2.75) is 13.3 Å². The molecule has 140 valence electrons. The number of likely N-dealkylation sites (N-methyl/N-ethyl adjacent to an activating group) is 1. The minimum atomic E-state index is -0.454. The van der Waals surface area contributed by atoms with Crippen molar-refractivity contribution in [1.29, 1.82) is 0 Å². The summed E-state index contributed by atoms with van der Waals surface area (Å²) < 4.78 is 5.09. The largest absolute Gasteiger partial charge is 0.462 e. The summed E-state index contributed by atoms with van der Waals surface area (Å²) in [6.07, 6.45) is 0.183. The van der Waals surface area contributed by atoms with Crippen LogP contribution in [0.3, 0.4) is 0 Å². The Morgan fingerprint density at radius 2 is 1.85 bits per heavy atom. The van der Waals surface area contributed by atoms with Gasteiger partial charge in [-0.25, -0.2) is 4.79 Å². The average Bonchev–Trinajstić information content (AvgIpc) is 3.03. The van der Waals surface area contributed by atoms with Gasteiger partial charge in [0.15, 0.2) is 0 Å². The van der Waals surface area contributed by atoms with E-state index in [1.807, 2.05) is 11.9 Å². The van der Waals surface area contributed by atoms with Gasteiger partial charge in [0.1, 0.15) is 0 Å². The molecule has 0 radical (unpaired) electrons. The third-order valence-corrected chi connectivity index (χ3v) is 4.98. The lowest BCUT2D eigenvalue weighted by Gasteiger charge is -2.33. The summed E-state index contributed by atoms with van der Waals surface area (Å²) in [4.78, 5) is 43.1. The van der Waals surface area contributed by atoms with Crippen LogP contribution in [0, 0.1) is 5.92 Å². The lowest BCUT2D eigenvalue weighted by Crippen LogP contribution is -2.49. The number of rotatable bonds is 4. The maximum Gasteiger partial charge on any atom is 0.340 e. The van der Waals surface area contributed by atoms with Gasteiger partial charge in [-0.2, -0.15) is 0 Å². The molecule has 0 N–H and O–H groups in total. The number of piperazine rings is 1. The van der Waals surface area contributed by atoms with Gasteiger partial charge in [-0.3, -0.25) is 9.59 Å². The van der Waals surface area contributed by atoms with Crippen molar-refractivity contribution in [3.05, 3.63) is 29.8 Å². The van der Waals surface area contributed by atoms with Gasteiger partial charge >= 0.3 is 5.97 Å². The van der Waals surface area contributed by atoms with Crippen LogP contribution in [-0.4, -0.2) is 74.0 Å². The van der Waals surface area contributed by atoms with Gasteiger partial charge < -0.3 is 19.4 Å². The van der Waals surface area contributed by atoms with E-state index in [-0.39, 0.29) is 30.8 Å². The van der Waals surface area contributed by atoms with E-state index < -0.39 is 5.97 Å². The van der Waals surface area contributed by atoms with Crippen molar-refractivity contribution in [3.63, 3.8) is 0 Å². The molecule has 2 saturated heterocycles. The fourth-order valence-corrected chi connectivity index (χ4v) is 3.48. The lowest BCUT2D eigenvalue weighted by atomic mass is 10.1. The first kappa shape index (κ1) is 18.4. The monoisotopic (exact) mass is 359 g/mol. The van der Waals surface area contributed by atoms with Gasteiger partial charge in [0, 0.05) is 39.1 Å². The number of esters is 1. The third kappa shape index (κ3) is 3.72. The molecule has 7 heteroatoms. The van der Waals surface area contributed by atoms with Crippen LogP contribution in [0.5, 0.6) is 0 Å². The summed E-state index contributed by atoms with van der Waals surface area (Å²) in [5.74, 6) is -0.914. The number of para-hydroxylation sites is 1. The van der Waals surface area contributed by atoms with E-state index in [4.69, 9.17) is 4.74 Å². The molecule has 1 aromatic rings. The van der Waals surface area contributed by atoms with Crippen LogP contribution >= 0.6 is 0 Å². The average molecular weight is 359 g/mol. The Balaban J connectivity index is 1.74. The molecule has 2 aliphatic heterocycles. The van der Waals surface area contributed by atoms with Gasteiger partial charge in [0.2, 0.25) is 11.8 Å². The van der Waals surface area contributed by atoms with E-state index in [0.717, 1.165) is 13.1 Å². The Morgan fingerprint density at radius 3 is 2.54 bits per heavy atom. The normalized spacial score (nSPS) is 21.2. The molecular weight excluding hydrogens is 334 g/mol. The standard InChI is InChI=1S/C19H25N3O4/c1-3-26-19(25)15-6-4-5-7-16(15)22-13-14(12-17(22)23)18(24)21-10-8-20(2)9-11-21/h4-7,14H,3,8-13H2,1-2H3. The molecule has 1 unspecified atom stereocenters. The summed E-state index contributed by atoms with van der Waals surface area (Å²) in [6, 6.07) is 6.90. The Bertz CT molecular complexity index is 698. The van der Waals surface area contributed by atoms with Crippen LogP contribution in [0.25, 0.3) is 0 Å². The maximum absolute atomic E-state index is 12.8. The smallest absolute Gasteiger partial charge is 0.340 e. The molecule has 0 spiro atoms. The van der Waals surface area contributed by atoms with Crippen molar-refractivity contribution in [1.82, 2.24) is 9.80 Å². The molecule has 1 aromatic carbocycles. The van der Waals surface area contributed by atoms with E-state index in [0.29, 0.717) is 30.9 Å². The zero-order valence-electron chi connectivity index (χ0n) is 15.3. The Kier molecular flexibility index (Phi) is 5.56. The van der Waals surface area contributed by atoms with Crippen molar-refractivity contribution >= 4 is 23.5 Å². The summed E-state index contributed by atoms with van der Waals surface area (Å²) in [7, 11) is 2.04. The molecule has 1 atom stereocenters. The highest BCUT2D eigenvalue weighted by Gasteiger charge is 2.38. The van der Waals surface area contributed by atoms with E-state index >= 15 is 0 Å². The number of nitrogens with zero attached hydrogens (tertiary/aromatic N) is 3. The van der Waals surface area contributed by atoms with Crippen LogP contribution in [0.15, 0.2) is 24.3 Å². The topological polar surface area (TPSA) is 70.2 Å². The molecule has 0 aromatic heterocycles. The molecule has 0 saturated carbocycles. The number of hydrogen-bond acceptors (Lipinski definition) is 5.